The summed E-state index contributed by atoms with van der Waals surface area (Å²) in [5.41, 5.74) is -0.313. The first-order valence-electron chi connectivity index (χ1n) is 13.1. The summed E-state index contributed by atoms with van der Waals surface area (Å²) in [7, 11) is 0. The molecule has 2 fully saturated rings. The molecule has 8 nitrogen and oxygen atoms in total. The van der Waals surface area contributed by atoms with Crippen LogP contribution in [0.1, 0.15) is 50.5 Å². The van der Waals surface area contributed by atoms with Crippen LogP contribution in [0.25, 0.3) is 0 Å². The maximum atomic E-state index is 13.3. The number of hydrogen-bond donors (Lipinski definition) is 3. The molecule has 12 heteroatoms. The molecular weight excluding hydrogens is 506 g/mol. The molecule has 0 spiro atoms. The molecule has 1 unspecified atom stereocenters. The Morgan fingerprint density at radius 3 is 2.37 bits per heavy atom. The molecule has 0 radical (unpaired) electrons. The Morgan fingerprint density at radius 2 is 1.79 bits per heavy atom. The van der Waals surface area contributed by atoms with Crippen molar-refractivity contribution in [2.45, 2.75) is 57.4 Å². The molecule has 38 heavy (non-hydrogen) atoms. The molecule has 3 N–H and O–H groups in total. The van der Waals surface area contributed by atoms with E-state index in [1.54, 1.807) is 12.1 Å². The second-order valence-electron chi connectivity index (χ2n) is 10.2. The highest BCUT2D eigenvalue weighted by Crippen LogP contribution is 2.34. The smallest absolute Gasteiger partial charge is 0.266 e. The molecule has 4 rings (SSSR count). The maximum Gasteiger partial charge on any atom is 0.266 e. The number of rotatable bonds is 8. The Labute approximate surface area is 219 Å². The number of nitrogens with one attached hydrogen (secondary N) is 1. The summed E-state index contributed by atoms with van der Waals surface area (Å²) < 4.78 is 52.2. The number of dihydropyridines is 1. The maximum absolute atomic E-state index is 13.3. The van der Waals surface area contributed by atoms with Crippen LogP contribution in [0.5, 0.6) is 0 Å². The van der Waals surface area contributed by atoms with Crippen LogP contribution < -0.4 is 10.5 Å². The molecule has 1 saturated carbocycles. The average molecular weight is 542 g/mol. The van der Waals surface area contributed by atoms with Gasteiger partial charge in [-0.2, -0.15) is 0 Å². The van der Waals surface area contributed by atoms with Crippen LogP contribution in [0, 0.1) is 11.8 Å². The molecule has 1 aromatic carbocycles. The minimum atomic E-state index is -2.84. The molecule has 1 atom stereocenters. The number of aliphatic imine (C=N–C) groups is 1. The highest BCUT2D eigenvalue weighted by atomic mass is 19.3. The Balaban J connectivity index is 1.16. The van der Waals surface area contributed by atoms with Crippen molar-refractivity contribution in [3.63, 3.8) is 0 Å². The van der Waals surface area contributed by atoms with Gasteiger partial charge in [0.05, 0.1) is 12.5 Å². The lowest BCUT2D eigenvalue weighted by molar-refractivity contribution is -0.132. The molecule has 3 aliphatic rings. The number of alkyl halides is 4. The van der Waals surface area contributed by atoms with Crippen LogP contribution in [-0.4, -0.2) is 77.1 Å². The van der Waals surface area contributed by atoms with Crippen molar-refractivity contribution in [1.82, 2.24) is 9.80 Å². The monoisotopic (exact) mass is 541 g/mol. The van der Waals surface area contributed by atoms with E-state index in [9.17, 15) is 22.4 Å². The van der Waals surface area contributed by atoms with Gasteiger partial charge in [0.25, 0.3) is 6.43 Å². The number of nitrogens with zero attached hydrogens (tertiary/aromatic N) is 4. The van der Waals surface area contributed by atoms with Gasteiger partial charge in [0.2, 0.25) is 12.3 Å². The second kappa shape index (κ2) is 12.8. The summed E-state index contributed by atoms with van der Waals surface area (Å²) >= 11 is 0. The zero-order valence-corrected chi connectivity index (χ0v) is 21.2. The second-order valence-corrected chi connectivity index (χ2v) is 10.2. The summed E-state index contributed by atoms with van der Waals surface area (Å²) in [4.78, 5) is 21.0. The fraction of sp³-hybridized carbons (Fsp3) is 0.615. The van der Waals surface area contributed by atoms with Crippen molar-refractivity contribution in [2.24, 2.45) is 16.8 Å². The molecule has 2 aliphatic heterocycles. The summed E-state index contributed by atoms with van der Waals surface area (Å²) in [6, 6.07) is 4.14. The van der Waals surface area contributed by atoms with Crippen molar-refractivity contribution in [3.05, 3.63) is 35.9 Å². The number of piperazine rings is 1. The van der Waals surface area contributed by atoms with Crippen molar-refractivity contribution in [3.8, 4) is 0 Å². The number of halogens is 4. The van der Waals surface area contributed by atoms with Crippen LogP contribution in [0.4, 0.5) is 28.9 Å². The van der Waals surface area contributed by atoms with Crippen LogP contribution in [0.2, 0.25) is 0 Å². The molecule has 1 aromatic rings. The molecule has 0 bridgehead atoms. The fourth-order valence-electron chi connectivity index (χ4n) is 5.39. The highest BCUT2D eigenvalue weighted by Gasteiger charge is 2.27. The third-order valence-electron chi connectivity index (χ3n) is 7.70. The average Bonchev–Trinajstić information content (AvgIpc) is 2.92. The van der Waals surface area contributed by atoms with Crippen LogP contribution in [-0.2, 0) is 4.79 Å². The topological polar surface area (TPSA) is 91.6 Å². The quantitative estimate of drug-likeness (QED) is 0.319. The van der Waals surface area contributed by atoms with Crippen LogP contribution in [0.3, 0.4) is 0 Å². The van der Waals surface area contributed by atoms with E-state index in [4.69, 9.17) is 10.4 Å². The first-order chi connectivity index (χ1) is 18.2. The normalized spacial score (nSPS) is 24.1. The molecule has 210 valence electrons. The minimum absolute atomic E-state index is 0.0929. The Hall–Kier alpha value is -2.86. The van der Waals surface area contributed by atoms with Gasteiger partial charge in [0.1, 0.15) is 11.5 Å². The summed E-state index contributed by atoms with van der Waals surface area (Å²) in [6.07, 6.45) is 2.81. The zero-order chi connectivity index (χ0) is 27.2. The van der Waals surface area contributed by atoms with E-state index in [1.165, 1.54) is 18.2 Å². The van der Waals surface area contributed by atoms with Gasteiger partial charge >= 0.3 is 0 Å². The van der Waals surface area contributed by atoms with Gasteiger partial charge in [-0.3, -0.25) is 20.2 Å². The van der Waals surface area contributed by atoms with Gasteiger partial charge in [-0.25, -0.2) is 17.6 Å². The van der Waals surface area contributed by atoms with E-state index in [1.807, 2.05) is 9.80 Å². The summed E-state index contributed by atoms with van der Waals surface area (Å²) in [5, 5.41) is 21.2. The van der Waals surface area contributed by atoms with Crippen molar-refractivity contribution < 1.29 is 32.8 Å². The fourth-order valence-corrected chi connectivity index (χ4v) is 5.39. The number of anilines is 2. The van der Waals surface area contributed by atoms with E-state index >= 15 is 0 Å². The molecule has 0 aromatic heterocycles. The number of hydrogen-bond acceptors (Lipinski definition) is 7. The molecule has 2 heterocycles. The highest BCUT2D eigenvalue weighted by molar-refractivity contribution is 5.93. The molecule has 1 saturated heterocycles. The SMILES string of the molecule is O=C(CCC1CCC(Nc2ccc(N(O)O)c(C(F)F)c2)CC1)N1CCN(C2=NCC(C(F)F)C=C2)CC1. The lowest BCUT2D eigenvalue weighted by Gasteiger charge is -2.37. The molecular formula is C26H35F4N5O3. The Bertz CT molecular complexity index is 1010. The van der Waals surface area contributed by atoms with Crippen molar-refractivity contribution >= 4 is 23.1 Å². The molecule has 1 aliphatic carbocycles. The number of benzene rings is 1. The van der Waals surface area contributed by atoms with Crippen LogP contribution in [0.15, 0.2) is 35.3 Å². The van der Waals surface area contributed by atoms with E-state index in [0.29, 0.717) is 50.0 Å². The third kappa shape index (κ3) is 7.16. The van der Waals surface area contributed by atoms with Gasteiger partial charge in [0.15, 0.2) is 0 Å². The third-order valence-corrected chi connectivity index (χ3v) is 7.70. The minimum Gasteiger partial charge on any atom is -0.382 e. The van der Waals surface area contributed by atoms with E-state index in [-0.39, 0.29) is 29.4 Å². The predicted molar refractivity (Wildman–Crippen MR) is 135 cm³/mol. The first kappa shape index (κ1) is 28.2. The Morgan fingerprint density at radius 1 is 1.08 bits per heavy atom. The zero-order valence-electron chi connectivity index (χ0n) is 21.2. The molecule has 1 amide bonds. The van der Waals surface area contributed by atoms with Gasteiger partial charge < -0.3 is 15.1 Å². The van der Waals surface area contributed by atoms with Crippen molar-refractivity contribution in [1.29, 1.82) is 0 Å². The number of amidine groups is 1. The summed E-state index contributed by atoms with van der Waals surface area (Å²) in [6.45, 7) is 2.53. The lowest BCUT2D eigenvalue weighted by Crippen LogP contribution is -2.50. The largest absolute Gasteiger partial charge is 0.382 e. The Kier molecular flexibility index (Phi) is 9.48. The van der Waals surface area contributed by atoms with Gasteiger partial charge in [-0.1, -0.05) is 6.08 Å². The predicted octanol–water partition coefficient (Wildman–Crippen LogP) is 4.95. The number of amides is 1. The van der Waals surface area contributed by atoms with E-state index < -0.39 is 24.3 Å². The van der Waals surface area contributed by atoms with E-state index in [2.05, 4.69) is 10.3 Å². The van der Waals surface area contributed by atoms with Crippen LogP contribution >= 0.6 is 0 Å². The first-order valence-corrected chi connectivity index (χ1v) is 13.1. The number of carbonyl (C=O) groups is 1. The van der Waals surface area contributed by atoms with Gasteiger partial charge in [-0.15, -0.1) is 5.23 Å². The summed E-state index contributed by atoms with van der Waals surface area (Å²) in [5.74, 6) is 0.450. The van der Waals surface area contributed by atoms with Gasteiger partial charge in [0, 0.05) is 49.9 Å². The standard InChI is InChI=1S/C26H35F4N5O3/c27-25(28)18-4-9-23(31-16-18)33-11-13-34(14-12-33)24(36)10-3-17-1-5-19(6-2-17)32-20-7-8-22(35(37)38)21(15-20)26(29)30/h4,7-9,15,17-19,25-26,32,37-38H,1-3,5-6,10-14,16H2. The number of carbonyl (C=O) groups excluding carboxylic acids is 1. The van der Waals surface area contributed by atoms with E-state index in [0.717, 1.165) is 32.1 Å². The van der Waals surface area contributed by atoms with Crippen molar-refractivity contribution in [2.75, 3.05) is 43.3 Å². The lowest BCUT2D eigenvalue weighted by atomic mass is 9.83. The van der Waals surface area contributed by atoms with Gasteiger partial charge in [-0.05, 0) is 62.3 Å².